The number of anilines is 1. The summed E-state index contributed by atoms with van der Waals surface area (Å²) in [5.41, 5.74) is 1.39. The first-order valence-electron chi connectivity index (χ1n) is 12.6. The summed E-state index contributed by atoms with van der Waals surface area (Å²) in [6.07, 6.45) is 0. The number of aryl methyl sites for hydroxylation is 1. The number of carbonyl (C=O) groups is 2. The van der Waals surface area contributed by atoms with Crippen molar-refractivity contribution >= 4 is 50.7 Å². The van der Waals surface area contributed by atoms with E-state index in [-0.39, 0.29) is 28.9 Å². The molecular weight excluding hydrogens is 573 g/mol. The van der Waals surface area contributed by atoms with Gasteiger partial charge in [-0.15, -0.1) is 0 Å². The number of hydrogen-bond acceptors (Lipinski definition) is 5. The summed E-state index contributed by atoms with van der Waals surface area (Å²) in [5, 5.41) is 3.44. The summed E-state index contributed by atoms with van der Waals surface area (Å²) >= 11 is 12.8. The summed E-state index contributed by atoms with van der Waals surface area (Å²) in [6, 6.07) is 16.7. The van der Waals surface area contributed by atoms with E-state index in [2.05, 4.69) is 5.32 Å². The molecule has 0 saturated heterocycles. The first kappa shape index (κ1) is 31.3. The Hall–Kier alpha value is -3.27. The highest BCUT2D eigenvalue weighted by Gasteiger charge is 2.34. The van der Waals surface area contributed by atoms with Crippen LogP contribution in [0.4, 0.5) is 5.69 Å². The lowest BCUT2D eigenvalue weighted by molar-refractivity contribution is -0.139. The summed E-state index contributed by atoms with van der Waals surface area (Å²) in [6.45, 7) is 6.26. The fraction of sp³-hybridized carbons (Fsp3) is 0.310. The van der Waals surface area contributed by atoms with Crippen LogP contribution in [0, 0.1) is 6.92 Å². The number of amides is 2. The molecule has 11 heteroatoms. The molecule has 0 aliphatic carbocycles. The Morgan fingerprint density at radius 1 is 0.950 bits per heavy atom. The summed E-state index contributed by atoms with van der Waals surface area (Å²) in [4.78, 5) is 28.4. The molecular formula is C29H33Cl2N3O5S. The maximum atomic E-state index is 14.1. The van der Waals surface area contributed by atoms with Gasteiger partial charge >= 0.3 is 0 Å². The van der Waals surface area contributed by atoms with Crippen LogP contribution < -0.4 is 14.4 Å². The molecule has 0 bridgehead atoms. The first-order valence-corrected chi connectivity index (χ1v) is 14.8. The highest BCUT2D eigenvalue weighted by molar-refractivity contribution is 7.92. The molecule has 214 valence electrons. The highest BCUT2D eigenvalue weighted by Crippen LogP contribution is 2.34. The topological polar surface area (TPSA) is 96.0 Å². The Kier molecular flexibility index (Phi) is 10.5. The van der Waals surface area contributed by atoms with Gasteiger partial charge in [-0.2, -0.15) is 0 Å². The van der Waals surface area contributed by atoms with Gasteiger partial charge in [0, 0.05) is 28.2 Å². The molecule has 0 aliphatic rings. The number of halogens is 2. The number of hydrogen-bond donors (Lipinski definition) is 1. The van der Waals surface area contributed by atoms with E-state index in [1.165, 1.54) is 24.1 Å². The van der Waals surface area contributed by atoms with E-state index in [9.17, 15) is 18.0 Å². The number of ether oxygens (including phenoxy) is 1. The summed E-state index contributed by atoms with van der Waals surface area (Å²) < 4.78 is 34.4. The average molecular weight is 607 g/mol. The van der Waals surface area contributed by atoms with Gasteiger partial charge in [-0.1, -0.05) is 53.5 Å². The van der Waals surface area contributed by atoms with Crippen molar-refractivity contribution < 1.29 is 22.7 Å². The molecule has 40 heavy (non-hydrogen) atoms. The van der Waals surface area contributed by atoms with Crippen molar-refractivity contribution in [1.82, 2.24) is 10.2 Å². The van der Waals surface area contributed by atoms with Crippen LogP contribution in [0.1, 0.15) is 31.9 Å². The molecule has 0 spiro atoms. The molecule has 1 N–H and O–H groups in total. The maximum Gasteiger partial charge on any atom is 0.264 e. The van der Waals surface area contributed by atoms with Gasteiger partial charge < -0.3 is 15.0 Å². The number of rotatable bonds is 11. The third kappa shape index (κ3) is 7.27. The Labute approximate surface area is 245 Å². The quantitative estimate of drug-likeness (QED) is 0.313. The van der Waals surface area contributed by atoms with Crippen molar-refractivity contribution in [1.29, 1.82) is 0 Å². The van der Waals surface area contributed by atoms with Crippen LogP contribution in [0.3, 0.4) is 0 Å². The van der Waals surface area contributed by atoms with Crippen molar-refractivity contribution in [2.45, 2.75) is 51.2 Å². The fourth-order valence-corrected chi connectivity index (χ4v) is 6.02. The standard InChI is InChI=1S/C29H33Cl2N3O5S/c1-19(2)32-29(36)21(4)33(17-23-24(30)12-9-13-25(23)31)28(35)18-34(26-16-20(3)14-15-27(26)39-5)40(37,38)22-10-7-6-8-11-22/h6-16,19,21H,17-18H2,1-5H3,(H,32,36). The van der Waals surface area contributed by atoms with E-state index in [0.29, 0.717) is 15.6 Å². The Balaban J connectivity index is 2.13. The van der Waals surface area contributed by atoms with Gasteiger partial charge in [0.2, 0.25) is 11.8 Å². The molecule has 0 fully saturated rings. The smallest absolute Gasteiger partial charge is 0.264 e. The normalized spacial score (nSPS) is 12.1. The molecule has 0 saturated carbocycles. The van der Waals surface area contributed by atoms with Crippen molar-refractivity contribution in [2.24, 2.45) is 0 Å². The molecule has 3 aromatic rings. The van der Waals surface area contributed by atoms with E-state index in [1.807, 2.05) is 6.92 Å². The van der Waals surface area contributed by atoms with Gasteiger partial charge in [-0.3, -0.25) is 13.9 Å². The predicted octanol–water partition coefficient (Wildman–Crippen LogP) is 5.45. The molecule has 0 radical (unpaired) electrons. The van der Waals surface area contributed by atoms with E-state index in [0.717, 1.165) is 9.87 Å². The second-order valence-corrected chi connectivity index (χ2v) is 12.2. The number of carbonyl (C=O) groups excluding carboxylic acids is 2. The Morgan fingerprint density at radius 3 is 2.15 bits per heavy atom. The van der Waals surface area contributed by atoms with Crippen LogP contribution in [0.5, 0.6) is 5.75 Å². The molecule has 1 unspecified atom stereocenters. The van der Waals surface area contributed by atoms with Crippen molar-refractivity contribution in [2.75, 3.05) is 18.0 Å². The van der Waals surface area contributed by atoms with E-state index in [4.69, 9.17) is 27.9 Å². The summed E-state index contributed by atoms with van der Waals surface area (Å²) in [5.74, 6) is -0.771. The van der Waals surface area contributed by atoms with Crippen molar-refractivity contribution in [3.8, 4) is 5.75 Å². The predicted molar refractivity (Wildman–Crippen MR) is 158 cm³/mol. The van der Waals surface area contributed by atoms with Crippen LogP contribution in [-0.2, 0) is 26.2 Å². The van der Waals surface area contributed by atoms with Gasteiger partial charge in [0.25, 0.3) is 10.0 Å². The van der Waals surface area contributed by atoms with Crippen LogP contribution >= 0.6 is 23.2 Å². The molecule has 3 aromatic carbocycles. The number of sulfonamides is 1. The SMILES string of the molecule is COc1ccc(C)cc1N(CC(=O)N(Cc1c(Cl)cccc1Cl)C(C)C(=O)NC(C)C)S(=O)(=O)c1ccccc1. The van der Waals surface area contributed by atoms with E-state index < -0.39 is 34.4 Å². The van der Waals surface area contributed by atoms with E-state index >= 15 is 0 Å². The Morgan fingerprint density at radius 2 is 1.57 bits per heavy atom. The zero-order valence-corrected chi connectivity index (χ0v) is 25.3. The number of benzene rings is 3. The van der Waals surface area contributed by atoms with Gasteiger partial charge in [0.05, 0.1) is 17.7 Å². The zero-order valence-electron chi connectivity index (χ0n) is 23.0. The number of methoxy groups -OCH3 is 1. The number of nitrogens with one attached hydrogen (secondary N) is 1. The highest BCUT2D eigenvalue weighted by atomic mass is 35.5. The second kappa shape index (κ2) is 13.4. The van der Waals surface area contributed by atoms with Gasteiger partial charge in [0.1, 0.15) is 18.3 Å². The minimum atomic E-state index is -4.23. The minimum Gasteiger partial charge on any atom is -0.495 e. The zero-order chi connectivity index (χ0) is 29.6. The van der Waals surface area contributed by atoms with E-state index in [1.54, 1.807) is 75.4 Å². The van der Waals surface area contributed by atoms with Crippen molar-refractivity contribution in [3.05, 3.63) is 87.9 Å². The lowest BCUT2D eigenvalue weighted by Gasteiger charge is -2.33. The molecule has 0 aromatic heterocycles. The average Bonchev–Trinajstić information content (AvgIpc) is 2.91. The largest absolute Gasteiger partial charge is 0.495 e. The van der Waals surface area contributed by atoms with Crippen LogP contribution in [0.2, 0.25) is 10.0 Å². The second-order valence-electron chi connectivity index (χ2n) is 9.56. The number of nitrogens with zero attached hydrogens (tertiary/aromatic N) is 2. The molecule has 0 heterocycles. The van der Waals surface area contributed by atoms with Crippen LogP contribution in [0.15, 0.2) is 71.6 Å². The van der Waals surface area contributed by atoms with Crippen LogP contribution in [-0.4, -0.2) is 50.9 Å². The molecule has 0 aliphatic heterocycles. The fourth-order valence-electron chi connectivity index (χ4n) is 4.07. The lowest BCUT2D eigenvalue weighted by atomic mass is 10.1. The molecule has 3 rings (SSSR count). The lowest BCUT2D eigenvalue weighted by Crippen LogP contribution is -2.52. The van der Waals surface area contributed by atoms with Crippen molar-refractivity contribution in [3.63, 3.8) is 0 Å². The van der Waals surface area contributed by atoms with Crippen LogP contribution in [0.25, 0.3) is 0 Å². The van der Waals surface area contributed by atoms with Gasteiger partial charge in [-0.05, 0) is 69.7 Å². The first-order chi connectivity index (χ1) is 18.9. The summed E-state index contributed by atoms with van der Waals surface area (Å²) in [7, 11) is -2.81. The minimum absolute atomic E-state index is 0.00217. The Bertz CT molecular complexity index is 1450. The molecule has 1 atom stereocenters. The third-order valence-corrected chi connectivity index (χ3v) is 8.68. The molecule has 8 nitrogen and oxygen atoms in total. The monoisotopic (exact) mass is 605 g/mol. The van der Waals surface area contributed by atoms with Gasteiger partial charge in [0.15, 0.2) is 0 Å². The third-order valence-electron chi connectivity index (χ3n) is 6.20. The van der Waals surface area contributed by atoms with Gasteiger partial charge in [-0.25, -0.2) is 8.42 Å². The maximum absolute atomic E-state index is 14.1. The molecule has 2 amide bonds.